The first-order valence-corrected chi connectivity index (χ1v) is 8.98. The second-order valence-electron chi connectivity index (χ2n) is 5.59. The highest BCUT2D eigenvalue weighted by Crippen LogP contribution is 2.36. The molecule has 0 heterocycles. The zero-order chi connectivity index (χ0) is 16.3. The molecule has 0 fully saturated rings. The minimum absolute atomic E-state index is 0.0509. The largest absolute Gasteiger partial charge is 0.493 e. The molecular formula is C14H22BrNO4S. The standard InChI is InChI=1S/C14H22BrNO4S/c1-14(2,3)21(17,18)6-5-20-13-11(15)7-10(9-16)8-12(13)19-4/h7-8H,5-6,9,16H2,1-4H3. The zero-order valence-corrected chi connectivity index (χ0v) is 15.2. The monoisotopic (exact) mass is 379 g/mol. The van der Waals surface area contributed by atoms with Crippen LogP contribution in [0.5, 0.6) is 11.5 Å². The molecule has 0 bridgehead atoms. The molecule has 1 aromatic rings. The van der Waals surface area contributed by atoms with Crippen LogP contribution in [-0.2, 0) is 16.4 Å². The molecule has 0 unspecified atom stereocenters. The number of halogens is 1. The van der Waals surface area contributed by atoms with Crippen molar-refractivity contribution in [3.05, 3.63) is 22.2 Å². The van der Waals surface area contributed by atoms with Crippen LogP contribution >= 0.6 is 15.9 Å². The molecule has 0 saturated carbocycles. The van der Waals surface area contributed by atoms with Gasteiger partial charge in [0.25, 0.3) is 0 Å². The number of methoxy groups -OCH3 is 1. The third-order valence-electron chi connectivity index (χ3n) is 3.06. The Morgan fingerprint density at radius 1 is 1.29 bits per heavy atom. The topological polar surface area (TPSA) is 78.6 Å². The minimum Gasteiger partial charge on any atom is -0.493 e. The van der Waals surface area contributed by atoms with E-state index in [4.69, 9.17) is 15.2 Å². The van der Waals surface area contributed by atoms with E-state index in [0.29, 0.717) is 22.5 Å². The quantitative estimate of drug-likeness (QED) is 0.821. The van der Waals surface area contributed by atoms with Crippen molar-refractivity contribution in [2.45, 2.75) is 32.1 Å². The first-order valence-electron chi connectivity index (χ1n) is 6.54. The number of ether oxygens (including phenoxy) is 2. The third kappa shape index (κ3) is 4.59. The predicted octanol–water partition coefficient (Wildman–Crippen LogP) is 2.51. The molecule has 0 aliphatic carbocycles. The Morgan fingerprint density at radius 3 is 2.38 bits per heavy atom. The molecule has 0 aliphatic rings. The molecular weight excluding hydrogens is 358 g/mol. The lowest BCUT2D eigenvalue weighted by atomic mass is 10.2. The van der Waals surface area contributed by atoms with Crippen molar-refractivity contribution in [2.24, 2.45) is 5.73 Å². The van der Waals surface area contributed by atoms with Gasteiger partial charge in [0.05, 0.1) is 22.1 Å². The molecule has 0 amide bonds. The van der Waals surface area contributed by atoms with Crippen LogP contribution in [0.25, 0.3) is 0 Å². The van der Waals surface area contributed by atoms with Crippen molar-refractivity contribution < 1.29 is 17.9 Å². The molecule has 1 aromatic carbocycles. The van der Waals surface area contributed by atoms with Crippen LogP contribution < -0.4 is 15.2 Å². The molecule has 120 valence electrons. The molecule has 5 nitrogen and oxygen atoms in total. The van der Waals surface area contributed by atoms with E-state index in [-0.39, 0.29) is 12.4 Å². The fourth-order valence-corrected chi connectivity index (χ4v) is 3.11. The average Bonchev–Trinajstić information content (AvgIpc) is 2.38. The summed E-state index contributed by atoms with van der Waals surface area (Å²) in [6, 6.07) is 3.61. The van der Waals surface area contributed by atoms with Gasteiger partial charge in [-0.05, 0) is 54.4 Å². The van der Waals surface area contributed by atoms with Crippen LogP contribution in [-0.4, -0.2) is 32.6 Å². The van der Waals surface area contributed by atoms with E-state index in [1.807, 2.05) is 6.07 Å². The normalized spacial score (nSPS) is 12.3. The number of hydrogen-bond acceptors (Lipinski definition) is 5. The summed E-state index contributed by atoms with van der Waals surface area (Å²) in [5.41, 5.74) is 6.50. The summed E-state index contributed by atoms with van der Waals surface area (Å²) in [6.45, 7) is 5.48. The predicted molar refractivity (Wildman–Crippen MR) is 87.6 cm³/mol. The van der Waals surface area contributed by atoms with Crippen molar-refractivity contribution in [1.82, 2.24) is 0 Å². The SMILES string of the molecule is COc1cc(CN)cc(Br)c1OCCS(=O)(=O)C(C)(C)C. The molecule has 0 aromatic heterocycles. The fourth-order valence-electron chi connectivity index (χ4n) is 1.59. The maximum Gasteiger partial charge on any atom is 0.175 e. The Balaban J connectivity index is 2.86. The Morgan fingerprint density at radius 2 is 1.90 bits per heavy atom. The van der Waals surface area contributed by atoms with Crippen LogP contribution in [0.2, 0.25) is 0 Å². The highest BCUT2D eigenvalue weighted by atomic mass is 79.9. The smallest absolute Gasteiger partial charge is 0.175 e. The van der Waals surface area contributed by atoms with Crippen LogP contribution in [0.1, 0.15) is 26.3 Å². The molecule has 7 heteroatoms. The maximum absolute atomic E-state index is 12.0. The van der Waals surface area contributed by atoms with Gasteiger partial charge >= 0.3 is 0 Å². The van der Waals surface area contributed by atoms with Crippen LogP contribution in [0.15, 0.2) is 16.6 Å². The van der Waals surface area contributed by atoms with Gasteiger partial charge in [-0.3, -0.25) is 0 Å². The van der Waals surface area contributed by atoms with Gasteiger partial charge in [0.2, 0.25) is 0 Å². The van der Waals surface area contributed by atoms with Crippen molar-refractivity contribution in [3.8, 4) is 11.5 Å². The lowest BCUT2D eigenvalue weighted by Crippen LogP contribution is -2.32. The summed E-state index contributed by atoms with van der Waals surface area (Å²) in [6.07, 6.45) is 0. The molecule has 0 aliphatic heterocycles. The lowest BCUT2D eigenvalue weighted by molar-refractivity contribution is 0.308. The van der Waals surface area contributed by atoms with Crippen LogP contribution in [0.4, 0.5) is 0 Å². The van der Waals surface area contributed by atoms with E-state index in [0.717, 1.165) is 5.56 Å². The molecule has 0 radical (unpaired) electrons. The molecule has 1 rings (SSSR count). The molecule has 0 spiro atoms. The van der Waals surface area contributed by atoms with Crippen molar-refractivity contribution in [2.75, 3.05) is 19.5 Å². The van der Waals surface area contributed by atoms with E-state index in [1.54, 1.807) is 26.8 Å². The van der Waals surface area contributed by atoms with Gasteiger partial charge in [-0.1, -0.05) is 0 Å². The number of sulfone groups is 1. The summed E-state index contributed by atoms with van der Waals surface area (Å²) in [4.78, 5) is 0. The van der Waals surface area contributed by atoms with Gasteiger partial charge in [0, 0.05) is 6.54 Å². The third-order valence-corrected chi connectivity index (χ3v) is 6.22. The summed E-state index contributed by atoms with van der Waals surface area (Å²) in [7, 11) is -1.69. The highest BCUT2D eigenvalue weighted by Gasteiger charge is 2.28. The first kappa shape index (κ1) is 18.3. The molecule has 2 N–H and O–H groups in total. The summed E-state index contributed by atoms with van der Waals surface area (Å²) >= 11 is 3.39. The Hall–Kier alpha value is -0.790. The van der Waals surface area contributed by atoms with Crippen LogP contribution in [0, 0.1) is 0 Å². The second-order valence-corrected chi connectivity index (χ2v) is 9.31. The van der Waals surface area contributed by atoms with Gasteiger partial charge in [-0.25, -0.2) is 8.42 Å². The van der Waals surface area contributed by atoms with E-state index in [9.17, 15) is 8.42 Å². The lowest BCUT2D eigenvalue weighted by Gasteiger charge is -2.20. The van der Waals surface area contributed by atoms with Gasteiger partial charge < -0.3 is 15.2 Å². The molecule has 21 heavy (non-hydrogen) atoms. The average molecular weight is 380 g/mol. The molecule has 0 atom stereocenters. The van der Waals surface area contributed by atoms with Gasteiger partial charge in [-0.15, -0.1) is 0 Å². The van der Waals surface area contributed by atoms with Gasteiger partial charge in [-0.2, -0.15) is 0 Å². The summed E-state index contributed by atoms with van der Waals surface area (Å²) in [5, 5.41) is 0. The first-order chi connectivity index (χ1) is 9.62. The Labute approximate surface area is 134 Å². The molecule has 0 saturated heterocycles. The van der Waals surface area contributed by atoms with E-state index >= 15 is 0 Å². The van der Waals surface area contributed by atoms with Crippen LogP contribution in [0.3, 0.4) is 0 Å². The van der Waals surface area contributed by atoms with Gasteiger partial charge in [0.15, 0.2) is 21.3 Å². The zero-order valence-electron chi connectivity index (χ0n) is 12.8. The van der Waals surface area contributed by atoms with E-state index in [2.05, 4.69) is 15.9 Å². The minimum atomic E-state index is -3.21. The fraction of sp³-hybridized carbons (Fsp3) is 0.571. The maximum atomic E-state index is 12.0. The van der Waals surface area contributed by atoms with Crippen molar-refractivity contribution in [1.29, 1.82) is 0 Å². The second kappa shape index (κ2) is 6.98. The number of rotatable bonds is 6. The summed E-state index contributed by atoms with van der Waals surface area (Å²) < 4.78 is 34.8. The number of nitrogens with two attached hydrogens (primary N) is 1. The Kier molecular flexibility index (Phi) is 6.07. The highest BCUT2D eigenvalue weighted by molar-refractivity contribution is 9.10. The summed E-state index contributed by atoms with van der Waals surface area (Å²) in [5.74, 6) is 0.960. The van der Waals surface area contributed by atoms with Crippen molar-refractivity contribution >= 4 is 25.8 Å². The number of benzene rings is 1. The Bertz CT molecular complexity index is 594. The van der Waals surface area contributed by atoms with E-state index < -0.39 is 14.6 Å². The number of hydrogen-bond donors (Lipinski definition) is 1. The van der Waals surface area contributed by atoms with Crippen molar-refractivity contribution in [3.63, 3.8) is 0 Å². The van der Waals surface area contributed by atoms with Gasteiger partial charge in [0.1, 0.15) is 6.61 Å². The van der Waals surface area contributed by atoms with E-state index in [1.165, 1.54) is 7.11 Å².